The lowest BCUT2D eigenvalue weighted by molar-refractivity contribution is 0.225. The van der Waals surface area contributed by atoms with Crippen molar-refractivity contribution in [3.05, 3.63) is 69.4 Å². The van der Waals surface area contributed by atoms with Crippen LogP contribution in [0.3, 0.4) is 0 Å². The molecule has 3 aromatic rings. The molecule has 140 valence electrons. The summed E-state index contributed by atoms with van der Waals surface area (Å²) in [7, 11) is 0. The highest BCUT2D eigenvalue weighted by Crippen LogP contribution is 2.37. The molecule has 4 rings (SSSR count). The molecule has 0 spiro atoms. The van der Waals surface area contributed by atoms with Gasteiger partial charge in [-0.1, -0.05) is 34.8 Å². The van der Waals surface area contributed by atoms with Crippen LogP contribution in [-0.2, 0) is 6.54 Å². The lowest BCUT2D eigenvalue weighted by atomic mass is 10.1. The fourth-order valence-electron chi connectivity index (χ4n) is 3.50. The number of halogens is 3. The first-order chi connectivity index (χ1) is 13.1. The monoisotopic (exact) mass is 436 g/mol. The van der Waals surface area contributed by atoms with Crippen molar-refractivity contribution < 1.29 is 0 Å². The van der Waals surface area contributed by atoms with Gasteiger partial charge in [0, 0.05) is 44.5 Å². The number of nitrogens with zero attached hydrogens (tertiary/aromatic N) is 2. The van der Waals surface area contributed by atoms with Gasteiger partial charge in [0.15, 0.2) is 0 Å². The number of rotatable bonds is 4. The van der Waals surface area contributed by atoms with Gasteiger partial charge in [-0.15, -0.1) is 11.8 Å². The molecule has 0 aliphatic carbocycles. The van der Waals surface area contributed by atoms with Crippen LogP contribution in [-0.4, -0.2) is 28.2 Å². The molecule has 0 saturated carbocycles. The molecule has 2 nitrogen and oxygen atoms in total. The second-order valence-electron chi connectivity index (χ2n) is 6.88. The smallest absolute Gasteiger partial charge is 0.0548 e. The second-order valence-corrected chi connectivity index (χ2v) is 9.50. The molecule has 2 aromatic carbocycles. The third kappa shape index (κ3) is 4.90. The maximum atomic E-state index is 6.50. The van der Waals surface area contributed by atoms with E-state index in [0.29, 0.717) is 15.3 Å². The first-order valence-electron chi connectivity index (χ1n) is 8.94. The van der Waals surface area contributed by atoms with E-state index in [1.165, 1.54) is 10.9 Å². The van der Waals surface area contributed by atoms with Gasteiger partial charge in [0.05, 0.1) is 5.02 Å². The summed E-state index contributed by atoms with van der Waals surface area (Å²) >= 11 is 20.6. The van der Waals surface area contributed by atoms with Gasteiger partial charge in [-0.25, -0.2) is 0 Å². The molecule has 1 aromatic heterocycles. The zero-order valence-corrected chi connectivity index (χ0v) is 17.8. The zero-order chi connectivity index (χ0) is 18.8. The summed E-state index contributed by atoms with van der Waals surface area (Å²) in [5.41, 5.74) is 1.17. The predicted molar refractivity (Wildman–Crippen MR) is 117 cm³/mol. The summed E-state index contributed by atoms with van der Waals surface area (Å²) in [6, 6.07) is 12.0. The van der Waals surface area contributed by atoms with Crippen LogP contribution in [0.4, 0.5) is 0 Å². The number of aromatic nitrogens is 1. The Kier molecular flexibility index (Phi) is 6.15. The van der Waals surface area contributed by atoms with Gasteiger partial charge in [-0.05, 0) is 73.3 Å². The van der Waals surface area contributed by atoms with Crippen molar-refractivity contribution in [2.45, 2.75) is 29.5 Å². The Balaban J connectivity index is 1.37. The van der Waals surface area contributed by atoms with Crippen LogP contribution in [0.15, 0.2) is 53.7 Å². The van der Waals surface area contributed by atoms with Crippen molar-refractivity contribution in [2.75, 3.05) is 13.1 Å². The largest absolute Gasteiger partial charge is 0.299 e. The Bertz CT molecular complexity index is 935. The average molecular weight is 438 g/mol. The topological polar surface area (TPSA) is 16.1 Å². The van der Waals surface area contributed by atoms with Crippen molar-refractivity contribution >= 4 is 57.3 Å². The van der Waals surface area contributed by atoms with Crippen molar-refractivity contribution in [3.63, 3.8) is 0 Å². The zero-order valence-electron chi connectivity index (χ0n) is 14.7. The highest BCUT2D eigenvalue weighted by Gasteiger charge is 2.21. The maximum absolute atomic E-state index is 6.50. The molecule has 0 N–H and O–H groups in total. The van der Waals surface area contributed by atoms with E-state index >= 15 is 0 Å². The molecule has 0 atom stereocenters. The summed E-state index contributed by atoms with van der Waals surface area (Å²) in [4.78, 5) is 7.79. The van der Waals surface area contributed by atoms with E-state index in [9.17, 15) is 0 Å². The van der Waals surface area contributed by atoms with Gasteiger partial charge >= 0.3 is 0 Å². The Labute approximate surface area is 178 Å². The van der Waals surface area contributed by atoms with Crippen molar-refractivity contribution in [1.82, 2.24) is 9.88 Å². The third-order valence-corrected chi connectivity index (χ3v) is 7.11. The molecule has 0 amide bonds. The number of likely N-dealkylation sites (tertiary alicyclic amines) is 1. The van der Waals surface area contributed by atoms with Crippen molar-refractivity contribution in [1.29, 1.82) is 0 Å². The number of pyridine rings is 1. The third-order valence-electron chi connectivity index (χ3n) is 4.85. The summed E-state index contributed by atoms with van der Waals surface area (Å²) < 4.78 is 0. The van der Waals surface area contributed by atoms with Crippen LogP contribution in [0, 0.1) is 0 Å². The van der Waals surface area contributed by atoms with E-state index in [-0.39, 0.29) is 0 Å². The lowest BCUT2D eigenvalue weighted by Gasteiger charge is -2.32. The van der Waals surface area contributed by atoms with Gasteiger partial charge in [0.25, 0.3) is 0 Å². The molecular formula is C21H19Cl3N2S. The van der Waals surface area contributed by atoms with Crippen LogP contribution in [0.1, 0.15) is 18.4 Å². The highest BCUT2D eigenvalue weighted by atomic mass is 35.5. The van der Waals surface area contributed by atoms with Crippen LogP contribution in [0.25, 0.3) is 10.8 Å². The van der Waals surface area contributed by atoms with E-state index in [0.717, 1.165) is 47.8 Å². The molecule has 0 radical (unpaired) electrons. The predicted octanol–water partition coefficient (Wildman–Crippen LogP) is 6.95. The number of hydrogen-bond donors (Lipinski definition) is 0. The minimum atomic E-state index is 0.584. The lowest BCUT2D eigenvalue weighted by Crippen LogP contribution is -2.34. The van der Waals surface area contributed by atoms with Gasteiger partial charge in [0.2, 0.25) is 0 Å². The standard InChI is InChI=1S/C21H19Cl3N2S/c22-17-7-14(8-18(23)11-17)13-26-5-2-19(3-6-26)27-21-10-15-1-4-25-12-16(15)9-20(21)24/h1,4,7-12,19H,2-3,5-6,13H2. The highest BCUT2D eigenvalue weighted by molar-refractivity contribution is 8.00. The Hall–Kier alpha value is -0.970. The van der Waals surface area contributed by atoms with E-state index in [2.05, 4.69) is 16.0 Å². The fourth-order valence-corrected chi connectivity index (χ4v) is 5.55. The molecule has 27 heavy (non-hydrogen) atoms. The minimum Gasteiger partial charge on any atom is -0.299 e. The Morgan fingerprint density at radius 1 is 0.963 bits per heavy atom. The molecule has 1 fully saturated rings. The average Bonchev–Trinajstić information content (AvgIpc) is 2.63. The number of hydrogen-bond acceptors (Lipinski definition) is 3. The van der Waals surface area contributed by atoms with Gasteiger partial charge in [0.1, 0.15) is 0 Å². The minimum absolute atomic E-state index is 0.584. The van der Waals surface area contributed by atoms with Crippen LogP contribution in [0.2, 0.25) is 15.1 Å². The van der Waals surface area contributed by atoms with E-state index in [1.807, 2.05) is 48.4 Å². The summed E-state index contributed by atoms with van der Waals surface area (Å²) in [6.07, 6.45) is 5.97. The van der Waals surface area contributed by atoms with Gasteiger partial charge in [-0.3, -0.25) is 9.88 Å². The molecule has 1 aliphatic heterocycles. The summed E-state index contributed by atoms with van der Waals surface area (Å²) in [6.45, 7) is 3.02. The molecule has 2 heterocycles. The molecule has 0 unspecified atom stereocenters. The van der Waals surface area contributed by atoms with E-state index in [4.69, 9.17) is 34.8 Å². The fraction of sp³-hybridized carbons (Fsp3) is 0.286. The Morgan fingerprint density at radius 3 is 2.44 bits per heavy atom. The van der Waals surface area contributed by atoms with Crippen LogP contribution < -0.4 is 0 Å². The molecule has 1 aliphatic rings. The molecule has 1 saturated heterocycles. The second kappa shape index (κ2) is 8.59. The summed E-state index contributed by atoms with van der Waals surface area (Å²) in [5, 5.41) is 5.07. The molecule has 0 bridgehead atoms. The SMILES string of the molecule is Clc1cc(Cl)cc(CN2CCC(Sc3cc4ccncc4cc3Cl)CC2)c1. The van der Waals surface area contributed by atoms with Crippen LogP contribution in [0.5, 0.6) is 0 Å². The number of thioether (sulfide) groups is 1. The summed E-state index contributed by atoms with van der Waals surface area (Å²) in [5.74, 6) is 0. The van der Waals surface area contributed by atoms with Crippen molar-refractivity contribution in [3.8, 4) is 0 Å². The first kappa shape index (κ1) is 19.4. The van der Waals surface area contributed by atoms with Gasteiger partial charge < -0.3 is 0 Å². The maximum Gasteiger partial charge on any atom is 0.0548 e. The first-order valence-corrected chi connectivity index (χ1v) is 11.0. The van der Waals surface area contributed by atoms with E-state index < -0.39 is 0 Å². The van der Waals surface area contributed by atoms with Crippen molar-refractivity contribution in [2.24, 2.45) is 0 Å². The normalized spacial score (nSPS) is 16.1. The number of piperidine rings is 1. The molecule has 6 heteroatoms. The quantitative estimate of drug-likeness (QED) is 0.439. The van der Waals surface area contributed by atoms with Gasteiger partial charge in [-0.2, -0.15) is 0 Å². The Morgan fingerprint density at radius 2 is 1.70 bits per heavy atom. The number of benzene rings is 2. The number of fused-ring (bicyclic) bond motifs is 1. The van der Waals surface area contributed by atoms with Crippen LogP contribution >= 0.6 is 46.6 Å². The molecular weight excluding hydrogens is 419 g/mol. The van der Waals surface area contributed by atoms with E-state index in [1.54, 1.807) is 6.07 Å².